The van der Waals surface area contributed by atoms with Gasteiger partial charge >= 0.3 is 0 Å². The van der Waals surface area contributed by atoms with Crippen molar-refractivity contribution in [2.75, 3.05) is 0 Å². The molecule has 0 radical (unpaired) electrons. The van der Waals surface area contributed by atoms with Gasteiger partial charge < -0.3 is 4.65 Å². The summed E-state index contributed by atoms with van der Waals surface area (Å²) in [7, 11) is 1.46. The summed E-state index contributed by atoms with van der Waals surface area (Å²) >= 11 is 0. The van der Waals surface area contributed by atoms with E-state index in [0.717, 1.165) is 10.4 Å². The Bertz CT molecular complexity index is 20.0. The number of hydrogen-bond acceptors (Lipinski definition) is 1. The molecule has 0 heterocycles. The zero-order valence-electron chi connectivity index (χ0n) is 2.78. The maximum atomic E-state index is 3.61. The standard InChI is InChI=1S/CH7NSi2/c1-4-2-3/h2,4H,1H2,3H3. The summed E-state index contributed by atoms with van der Waals surface area (Å²) in [5, 5.41) is 0. The molecular formula is CH7NSi2. The lowest BCUT2D eigenvalue weighted by atomic mass is 12.0. The fraction of sp³-hybridized carbons (Fsp3) is 0. The molecule has 0 saturated heterocycles. The van der Waals surface area contributed by atoms with E-state index in [0.29, 0.717) is 9.29 Å². The van der Waals surface area contributed by atoms with Crippen LogP contribution >= 0.6 is 0 Å². The van der Waals surface area contributed by atoms with Crippen molar-refractivity contribution in [3.63, 3.8) is 0 Å². The zero-order valence-corrected chi connectivity index (χ0v) is 5.94. The van der Waals surface area contributed by atoms with Crippen LogP contribution in [0.4, 0.5) is 0 Å². The molecule has 1 nitrogen and oxygen atoms in total. The van der Waals surface area contributed by atoms with E-state index in [2.05, 4.69) is 10.8 Å². The van der Waals surface area contributed by atoms with Crippen LogP contribution < -0.4 is 4.65 Å². The second-order valence-electron chi connectivity index (χ2n) is 0.493. The van der Waals surface area contributed by atoms with Crippen molar-refractivity contribution in [1.82, 2.24) is 4.65 Å². The van der Waals surface area contributed by atoms with Gasteiger partial charge in [0, 0.05) is 0 Å². The van der Waals surface area contributed by atoms with Crippen LogP contribution in [0.5, 0.6) is 0 Å². The quantitative estimate of drug-likeness (QED) is 0.354. The molecule has 0 bridgehead atoms. The van der Waals surface area contributed by atoms with Crippen molar-refractivity contribution >= 4 is 25.9 Å². The highest BCUT2D eigenvalue weighted by molar-refractivity contribution is 6.45. The molecular weight excluding hydrogens is 82.2 g/mol. The second kappa shape index (κ2) is 3.10. The molecule has 0 spiro atoms. The molecule has 0 amide bonds. The fourth-order valence-corrected chi connectivity index (χ4v) is 0. The van der Waals surface area contributed by atoms with Gasteiger partial charge in [-0.25, -0.2) is 0 Å². The van der Waals surface area contributed by atoms with E-state index in [9.17, 15) is 0 Å². The van der Waals surface area contributed by atoms with Crippen molar-refractivity contribution in [2.24, 2.45) is 0 Å². The molecule has 0 atom stereocenters. The van der Waals surface area contributed by atoms with Crippen LogP contribution in [0.15, 0.2) is 0 Å². The van der Waals surface area contributed by atoms with Crippen LogP contribution in [0.25, 0.3) is 0 Å². The molecule has 1 N–H and O–H groups in total. The molecule has 0 rings (SSSR count). The van der Waals surface area contributed by atoms with Crippen molar-refractivity contribution < 1.29 is 0 Å². The second-order valence-corrected chi connectivity index (χ2v) is 3.21. The van der Waals surface area contributed by atoms with E-state index >= 15 is 0 Å². The molecule has 0 aromatic carbocycles. The van der Waals surface area contributed by atoms with Crippen molar-refractivity contribution in [3.8, 4) is 0 Å². The van der Waals surface area contributed by atoms with Crippen LogP contribution in [-0.2, 0) is 0 Å². The summed E-state index contributed by atoms with van der Waals surface area (Å²) in [6, 6.07) is 0. The summed E-state index contributed by atoms with van der Waals surface area (Å²) in [6.45, 7) is 0. The Hall–Kier alpha value is 0.104. The summed E-state index contributed by atoms with van der Waals surface area (Å²) in [5.41, 5.74) is 0. The maximum absolute atomic E-state index is 3.61. The predicted molar refractivity (Wildman–Crippen MR) is 27.3 cm³/mol. The SMILES string of the molecule is C=[SiH]N[SiH3]. The van der Waals surface area contributed by atoms with Gasteiger partial charge in [0.25, 0.3) is 0 Å². The first-order valence-electron chi connectivity index (χ1n) is 1.20. The molecule has 0 unspecified atom stereocenters. The van der Waals surface area contributed by atoms with Gasteiger partial charge in [-0.3, -0.25) is 0 Å². The first-order chi connectivity index (χ1) is 1.91. The largest absolute Gasteiger partial charge is 0.457 e. The van der Waals surface area contributed by atoms with Crippen LogP contribution in [0.3, 0.4) is 0 Å². The molecule has 0 aliphatic rings. The van der Waals surface area contributed by atoms with Crippen LogP contribution in [0.1, 0.15) is 0 Å². The average molecular weight is 89.2 g/mol. The third-order valence-corrected chi connectivity index (χ3v) is 1.84. The molecule has 4 heavy (non-hydrogen) atoms. The van der Waals surface area contributed by atoms with E-state index in [4.69, 9.17) is 0 Å². The van der Waals surface area contributed by atoms with E-state index in [1.165, 1.54) is 0 Å². The van der Waals surface area contributed by atoms with Crippen LogP contribution in [0.2, 0.25) is 0 Å². The van der Waals surface area contributed by atoms with E-state index in [1.54, 1.807) is 0 Å². The summed E-state index contributed by atoms with van der Waals surface area (Å²) < 4.78 is 3.04. The van der Waals surface area contributed by atoms with E-state index in [1.807, 2.05) is 0 Å². The molecule has 0 aliphatic heterocycles. The lowest BCUT2D eigenvalue weighted by molar-refractivity contribution is 1.67. The minimum absolute atomic E-state index is 0.344. The minimum atomic E-state index is 0.344. The highest BCUT2D eigenvalue weighted by atomic mass is 28.2. The maximum Gasteiger partial charge on any atom is 0.0934 e. The topological polar surface area (TPSA) is 12.0 Å². The third kappa shape index (κ3) is 2.10. The van der Waals surface area contributed by atoms with Gasteiger partial charge in [-0.1, -0.05) is 0 Å². The van der Waals surface area contributed by atoms with Gasteiger partial charge in [-0.2, -0.15) is 0 Å². The summed E-state index contributed by atoms with van der Waals surface area (Å²) in [5.74, 6) is 0. The van der Waals surface area contributed by atoms with Gasteiger partial charge in [-0.05, 0) is 0 Å². The smallest absolute Gasteiger partial charge is 0.0934 e. The van der Waals surface area contributed by atoms with Gasteiger partial charge in [0.05, 0.1) is 19.7 Å². The van der Waals surface area contributed by atoms with Crippen molar-refractivity contribution in [2.45, 2.75) is 0 Å². The molecule has 0 aromatic heterocycles. The van der Waals surface area contributed by atoms with Gasteiger partial charge in [-0.15, -0.1) is 6.17 Å². The minimum Gasteiger partial charge on any atom is -0.457 e. The Labute approximate surface area is 31.4 Å². The zero-order chi connectivity index (χ0) is 3.41. The van der Waals surface area contributed by atoms with E-state index in [-0.39, 0.29) is 0 Å². The molecule has 24 valence electrons. The number of rotatable bonds is 1. The van der Waals surface area contributed by atoms with Gasteiger partial charge in [0.2, 0.25) is 0 Å². The summed E-state index contributed by atoms with van der Waals surface area (Å²) in [4.78, 5) is 0. The Balaban J connectivity index is 2.30. The summed E-state index contributed by atoms with van der Waals surface area (Å²) in [6.07, 6.45) is 3.61. The first-order valence-corrected chi connectivity index (χ1v) is 3.59. The molecule has 3 heteroatoms. The van der Waals surface area contributed by atoms with Gasteiger partial charge in [0.15, 0.2) is 0 Å². The Morgan fingerprint density at radius 1 is 2.00 bits per heavy atom. The molecule has 0 aliphatic carbocycles. The Morgan fingerprint density at radius 3 is 2.25 bits per heavy atom. The highest BCUT2D eigenvalue weighted by Gasteiger charge is 1.38. The van der Waals surface area contributed by atoms with Crippen LogP contribution in [0, 0.1) is 0 Å². The van der Waals surface area contributed by atoms with E-state index < -0.39 is 0 Å². The number of nitrogens with one attached hydrogen (secondary N) is 1. The first kappa shape index (κ1) is 4.10. The van der Waals surface area contributed by atoms with Gasteiger partial charge in [0.1, 0.15) is 0 Å². The van der Waals surface area contributed by atoms with Crippen LogP contribution in [-0.4, -0.2) is 25.9 Å². The predicted octanol–water partition coefficient (Wildman–Crippen LogP) is -2.36. The lowest BCUT2D eigenvalue weighted by Crippen LogP contribution is -2.04. The highest BCUT2D eigenvalue weighted by Crippen LogP contribution is 1.01. The molecule has 0 aromatic rings. The number of hydrogen-bond donors (Lipinski definition) is 1. The third-order valence-electron chi connectivity index (χ3n) is 0.204. The molecule has 0 fully saturated rings. The Kier molecular flexibility index (Phi) is 3.18. The average Bonchev–Trinajstić information content (AvgIpc) is 1.37. The lowest BCUT2D eigenvalue weighted by Gasteiger charge is -1.70. The molecule has 0 saturated carbocycles. The fourth-order valence-electron chi connectivity index (χ4n) is 0. The normalized spacial score (nSPS) is 6.00. The van der Waals surface area contributed by atoms with Crippen molar-refractivity contribution in [3.05, 3.63) is 0 Å². The van der Waals surface area contributed by atoms with Crippen molar-refractivity contribution in [1.29, 1.82) is 0 Å². The Morgan fingerprint density at radius 2 is 2.25 bits per heavy atom. The monoisotopic (exact) mass is 89.0 g/mol.